The number of fused-ring (bicyclic) bond motifs is 2. The van der Waals surface area contributed by atoms with Crippen LogP contribution in [0.25, 0.3) is 0 Å². The number of hydrogen-bond acceptors (Lipinski definition) is 7. The van der Waals surface area contributed by atoms with Crippen molar-refractivity contribution < 1.29 is 32.9 Å². The van der Waals surface area contributed by atoms with Crippen LogP contribution in [0.1, 0.15) is 31.1 Å². The van der Waals surface area contributed by atoms with E-state index >= 15 is 0 Å². The van der Waals surface area contributed by atoms with Crippen molar-refractivity contribution in [2.24, 2.45) is 0 Å². The molecule has 10 nitrogen and oxygen atoms in total. The van der Waals surface area contributed by atoms with Crippen molar-refractivity contribution >= 4 is 40.4 Å². The molecule has 0 bridgehead atoms. The summed E-state index contributed by atoms with van der Waals surface area (Å²) in [5.74, 6) is -3.27. The lowest BCUT2D eigenvalue weighted by atomic mass is 9.98. The SMILES string of the molecule is C=C1CS(=O)[C@@H]2C(NC(=O)c3ccccc3)C(=O)N2C1C(=O)OCN1C(=O)c2ccccc2C1=O. The van der Waals surface area contributed by atoms with E-state index in [1.54, 1.807) is 42.5 Å². The van der Waals surface area contributed by atoms with Gasteiger partial charge in [-0.2, -0.15) is 0 Å². The smallest absolute Gasteiger partial charge is 0.335 e. The summed E-state index contributed by atoms with van der Waals surface area (Å²) in [5, 5.41) is 1.65. The fourth-order valence-corrected chi connectivity index (χ4v) is 6.03. The second-order valence-corrected chi connectivity index (χ2v) is 9.75. The van der Waals surface area contributed by atoms with Crippen LogP contribution >= 0.6 is 0 Å². The molecule has 0 aromatic heterocycles. The summed E-state index contributed by atoms with van der Waals surface area (Å²) >= 11 is 0. The molecule has 0 spiro atoms. The van der Waals surface area contributed by atoms with E-state index in [2.05, 4.69) is 11.9 Å². The van der Waals surface area contributed by atoms with Gasteiger partial charge in [0.05, 0.1) is 21.9 Å². The average molecular weight is 493 g/mol. The number of imide groups is 1. The molecule has 3 aliphatic rings. The Kier molecular flexibility index (Phi) is 5.56. The lowest BCUT2D eigenvalue weighted by Gasteiger charge is -2.52. The van der Waals surface area contributed by atoms with E-state index in [0.29, 0.717) is 5.56 Å². The highest BCUT2D eigenvalue weighted by Crippen LogP contribution is 2.35. The van der Waals surface area contributed by atoms with E-state index in [4.69, 9.17) is 4.74 Å². The van der Waals surface area contributed by atoms with Crippen LogP contribution in [0.3, 0.4) is 0 Å². The van der Waals surface area contributed by atoms with Crippen molar-refractivity contribution in [2.75, 3.05) is 12.5 Å². The Morgan fingerprint density at radius 1 is 1.00 bits per heavy atom. The van der Waals surface area contributed by atoms with Crippen molar-refractivity contribution in [3.63, 3.8) is 0 Å². The summed E-state index contributed by atoms with van der Waals surface area (Å²) in [6, 6.07) is 12.2. The number of benzene rings is 2. The Balaban J connectivity index is 1.28. The summed E-state index contributed by atoms with van der Waals surface area (Å²) in [4.78, 5) is 65.2. The number of β-lactam (4-membered cyclic amide) rings is 1. The molecule has 4 atom stereocenters. The average Bonchev–Trinajstić information content (AvgIpc) is 3.10. The number of nitrogens with one attached hydrogen (secondary N) is 1. The van der Waals surface area contributed by atoms with Crippen LogP contribution in [0.5, 0.6) is 0 Å². The van der Waals surface area contributed by atoms with Gasteiger partial charge < -0.3 is 15.0 Å². The molecule has 4 amide bonds. The summed E-state index contributed by atoms with van der Waals surface area (Å²) in [6.07, 6.45) is 0. The maximum atomic E-state index is 12.9. The van der Waals surface area contributed by atoms with E-state index in [-0.39, 0.29) is 22.5 Å². The van der Waals surface area contributed by atoms with E-state index in [1.807, 2.05) is 0 Å². The van der Waals surface area contributed by atoms with Crippen LogP contribution in [0.2, 0.25) is 0 Å². The number of amides is 4. The molecule has 2 aromatic rings. The molecule has 178 valence electrons. The maximum Gasteiger partial charge on any atom is 0.335 e. The van der Waals surface area contributed by atoms with E-state index in [9.17, 15) is 28.2 Å². The monoisotopic (exact) mass is 493 g/mol. The van der Waals surface area contributed by atoms with Crippen LogP contribution in [0, 0.1) is 0 Å². The predicted molar refractivity (Wildman–Crippen MR) is 122 cm³/mol. The third kappa shape index (κ3) is 3.64. The van der Waals surface area contributed by atoms with Crippen LogP contribution in [0.15, 0.2) is 66.7 Å². The number of hydrogen-bond donors (Lipinski definition) is 1. The summed E-state index contributed by atoms with van der Waals surface area (Å²) in [7, 11) is -1.60. The standard InChI is InChI=1S/C24H19N3O7S/c1-13-11-35(33)23-17(25-19(28)14-7-3-2-4-8-14)22(31)27(23)18(13)24(32)34-12-26-20(29)15-9-5-6-10-16(15)21(26)30/h2-10,17-18,23H,1,11-12H2,(H,25,28)/t17?,18?,23-,35?/m1/s1. The van der Waals surface area contributed by atoms with Gasteiger partial charge in [-0.25, -0.2) is 9.69 Å². The third-order valence-corrected chi connectivity index (χ3v) is 7.79. The molecule has 2 saturated heterocycles. The number of esters is 1. The topological polar surface area (TPSA) is 130 Å². The van der Waals surface area contributed by atoms with Crippen LogP contribution in [0.4, 0.5) is 0 Å². The minimum absolute atomic E-state index is 0.0705. The molecule has 3 aliphatic heterocycles. The number of ether oxygens (including phenoxy) is 1. The number of nitrogens with zero attached hydrogens (tertiary/aromatic N) is 2. The number of rotatable bonds is 5. The highest BCUT2D eigenvalue weighted by molar-refractivity contribution is 7.86. The Morgan fingerprint density at radius 3 is 2.23 bits per heavy atom. The fourth-order valence-electron chi connectivity index (χ4n) is 4.37. The predicted octanol–water partition coefficient (Wildman–Crippen LogP) is 0.437. The Morgan fingerprint density at radius 2 is 1.60 bits per heavy atom. The Hall–Kier alpha value is -4.12. The number of carbonyl (C=O) groups is 5. The first kappa shape index (κ1) is 22.7. The van der Waals surface area contributed by atoms with Gasteiger partial charge in [0.2, 0.25) is 5.91 Å². The Bertz CT molecular complexity index is 1290. The zero-order valence-electron chi connectivity index (χ0n) is 18.2. The minimum atomic E-state index is -1.60. The first-order chi connectivity index (χ1) is 16.8. The summed E-state index contributed by atoms with van der Waals surface area (Å²) in [5.41, 5.74) is 0.955. The van der Waals surface area contributed by atoms with Gasteiger partial charge >= 0.3 is 5.97 Å². The van der Waals surface area contributed by atoms with Crippen molar-refractivity contribution in [1.82, 2.24) is 15.1 Å². The molecule has 11 heteroatoms. The molecule has 2 aromatic carbocycles. The van der Waals surface area contributed by atoms with Gasteiger partial charge in [-0.1, -0.05) is 36.9 Å². The van der Waals surface area contributed by atoms with E-state index in [0.717, 1.165) is 9.80 Å². The number of carbonyl (C=O) groups excluding carboxylic acids is 5. The molecule has 0 radical (unpaired) electrons. The lowest BCUT2D eigenvalue weighted by molar-refractivity contribution is -0.164. The van der Waals surface area contributed by atoms with Gasteiger partial charge in [0.15, 0.2) is 12.8 Å². The van der Waals surface area contributed by atoms with Gasteiger partial charge in [0.25, 0.3) is 17.7 Å². The quantitative estimate of drug-likeness (QED) is 0.277. The largest absolute Gasteiger partial charge is 0.442 e. The van der Waals surface area contributed by atoms with Gasteiger partial charge in [0, 0.05) is 11.3 Å². The van der Waals surface area contributed by atoms with Gasteiger partial charge in [-0.15, -0.1) is 0 Å². The molecular weight excluding hydrogens is 474 g/mol. The van der Waals surface area contributed by atoms with Crippen molar-refractivity contribution in [2.45, 2.75) is 17.5 Å². The molecular formula is C24H19N3O7S. The minimum Gasteiger partial charge on any atom is -0.442 e. The molecule has 0 aliphatic carbocycles. The van der Waals surface area contributed by atoms with Crippen LogP contribution < -0.4 is 5.32 Å². The summed E-state index contributed by atoms with van der Waals surface area (Å²) in [6.45, 7) is 3.13. The maximum absolute atomic E-state index is 12.9. The Labute approximate surface area is 202 Å². The molecule has 3 heterocycles. The summed E-state index contributed by atoms with van der Waals surface area (Å²) < 4.78 is 18.0. The third-order valence-electron chi connectivity index (χ3n) is 6.10. The highest BCUT2D eigenvalue weighted by Gasteiger charge is 2.59. The highest BCUT2D eigenvalue weighted by atomic mass is 32.2. The molecule has 35 heavy (non-hydrogen) atoms. The first-order valence-electron chi connectivity index (χ1n) is 10.6. The molecule has 5 rings (SSSR count). The van der Waals surface area contributed by atoms with Crippen molar-refractivity contribution in [3.8, 4) is 0 Å². The fraction of sp³-hybridized carbons (Fsp3) is 0.208. The van der Waals surface area contributed by atoms with E-state index in [1.165, 1.54) is 12.1 Å². The molecule has 2 fully saturated rings. The zero-order valence-corrected chi connectivity index (χ0v) is 19.0. The van der Waals surface area contributed by atoms with Gasteiger partial charge in [-0.3, -0.25) is 23.4 Å². The molecule has 1 N–H and O–H groups in total. The zero-order chi connectivity index (χ0) is 24.9. The van der Waals surface area contributed by atoms with Gasteiger partial charge in [0.1, 0.15) is 11.4 Å². The van der Waals surface area contributed by atoms with E-state index < -0.39 is 64.6 Å². The van der Waals surface area contributed by atoms with Crippen molar-refractivity contribution in [3.05, 3.63) is 83.4 Å². The second kappa shape index (κ2) is 8.58. The lowest BCUT2D eigenvalue weighted by Crippen LogP contribution is -2.77. The first-order valence-corrected chi connectivity index (χ1v) is 12.0. The molecule has 3 unspecified atom stereocenters. The normalized spacial score (nSPS) is 25.0. The second-order valence-electron chi connectivity index (χ2n) is 8.22. The van der Waals surface area contributed by atoms with Crippen molar-refractivity contribution in [1.29, 1.82) is 0 Å². The van der Waals surface area contributed by atoms with Gasteiger partial charge in [-0.05, 0) is 29.8 Å². The van der Waals surface area contributed by atoms with Crippen LogP contribution in [-0.2, 0) is 25.1 Å². The van der Waals surface area contributed by atoms with Crippen LogP contribution in [-0.4, -0.2) is 73.5 Å². The molecule has 0 saturated carbocycles.